The molecule has 0 radical (unpaired) electrons. The van der Waals surface area contributed by atoms with E-state index in [2.05, 4.69) is 46.0 Å². The zero-order valence-corrected chi connectivity index (χ0v) is 51.7. The summed E-state index contributed by atoms with van der Waals surface area (Å²) in [4.78, 5) is 84.1. The van der Waals surface area contributed by atoms with E-state index >= 15 is 0 Å². The molecule has 448 valence electrons. The van der Waals surface area contributed by atoms with E-state index in [1.807, 2.05) is 0 Å². The number of hydrogen-bond donors (Lipinski definition) is 2. The first-order valence-electron chi connectivity index (χ1n) is 29.9. The van der Waals surface area contributed by atoms with Crippen molar-refractivity contribution >= 4 is 35.9 Å². The molecule has 3 fully saturated rings. The highest BCUT2D eigenvalue weighted by atomic mass is 16.6. The van der Waals surface area contributed by atoms with E-state index in [9.17, 15) is 33.9 Å². The van der Waals surface area contributed by atoms with E-state index in [0.717, 1.165) is 55.3 Å². The minimum atomic E-state index is -1.09. The standard InChI is InChI=1S/C62H108N4O12/c1-42(2)21-20-22-43(3)47-26-27-48-46-25-24-44-37-45(28-30-61(44,16)49(46)29-31-62(47,48)17)74-56(73)63-32-19-18-23-50(55(71)72)66(35-33-64(38-51(67)75-57(4,5)6)39-52(68)76-58(7,8)9)36-34-65(40-53(69)77-59(10,11)12)41-54(70)78-60(13,14)15/h24,42-43,45-50H,18-23,25-41H2,1-17H3,(H,63,73)(H,71,72)/t43-,45+,46?,47-,48?,49?,50+,61+,62-/m1/s1. The van der Waals surface area contributed by atoms with Crippen molar-refractivity contribution in [3.63, 3.8) is 0 Å². The van der Waals surface area contributed by atoms with Gasteiger partial charge in [-0.25, -0.2) is 4.79 Å². The third-order valence-corrected chi connectivity index (χ3v) is 16.9. The number of unbranched alkanes of at least 4 members (excludes halogenated alkanes) is 1. The smallest absolute Gasteiger partial charge is 0.407 e. The van der Waals surface area contributed by atoms with Gasteiger partial charge in [-0.1, -0.05) is 65.5 Å². The van der Waals surface area contributed by atoms with Crippen LogP contribution < -0.4 is 5.32 Å². The van der Waals surface area contributed by atoms with Crippen LogP contribution in [0.15, 0.2) is 11.6 Å². The number of allylic oxidation sites excluding steroid dienone is 1. The molecule has 3 unspecified atom stereocenters. The highest BCUT2D eigenvalue weighted by Crippen LogP contribution is 2.67. The highest BCUT2D eigenvalue weighted by molar-refractivity contribution is 5.76. The molecule has 0 heterocycles. The Morgan fingerprint density at radius 1 is 0.628 bits per heavy atom. The number of fused-ring (bicyclic) bond motifs is 5. The molecule has 4 rings (SSSR count). The molecule has 4 aliphatic rings. The molecule has 0 aromatic rings. The number of carbonyl (C=O) groups is 6. The summed E-state index contributed by atoms with van der Waals surface area (Å²) in [5.74, 6) is 1.21. The second-order valence-electron chi connectivity index (χ2n) is 28.6. The number of amides is 1. The number of alkyl carbamates (subject to hydrolysis) is 1. The van der Waals surface area contributed by atoms with Gasteiger partial charge in [0.05, 0.1) is 26.2 Å². The summed E-state index contributed by atoms with van der Waals surface area (Å²) in [6, 6.07) is -1.05. The van der Waals surface area contributed by atoms with Crippen LogP contribution in [0.2, 0.25) is 0 Å². The molecule has 0 aromatic heterocycles. The number of esters is 4. The second-order valence-corrected chi connectivity index (χ2v) is 28.6. The molecule has 4 aliphatic carbocycles. The van der Waals surface area contributed by atoms with Gasteiger partial charge in [0.25, 0.3) is 0 Å². The predicted molar refractivity (Wildman–Crippen MR) is 304 cm³/mol. The zero-order chi connectivity index (χ0) is 58.6. The monoisotopic (exact) mass is 1100 g/mol. The zero-order valence-electron chi connectivity index (χ0n) is 51.7. The number of hydrogen-bond acceptors (Lipinski definition) is 14. The molecule has 0 spiro atoms. The van der Waals surface area contributed by atoms with Crippen molar-refractivity contribution in [2.75, 3.05) is 58.9 Å². The number of carboxylic acids is 1. The molecule has 0 saturated heterocycles. The molecule has 78 heavy (non-hydrogen) atoms. The first kappa shape index (κ1) is 66.7. The van der Waals surface area contributed by atoms with Crippen LogP contribution in [0.25, 0.3) is 0 Å². The van der Waals surface area contributed by atoms with Crippen LogP contribution in [0.4, 0.5) is 4.79 Å². The van der Waals surface area contributed by atoms with Gasteiger partial charge in [0.2, 0.25) is 0 Å². The lowest BCUT2D eigenvalue weighted by molar-refractivity contribution is -0.162. The molecule has 1 amide bonds. The fourth-order valence-electron chi connectivity index (χ4n) is 13.7. The molecule has 0 aromatic carbocycles. The number of ether oxygens (including phenoxy) is 5. The maximum absolute atomic E-state index is 13.4. The van der Waals surface area contributed by atoms with E-state index in [1.165, 1.54) is 50.5 Å². The van der Waals surface area contributed by atoms with Crippen molar-refractivity contribution in [2.45, 2.75) is 242 Å². The van der Waals surface area contributed by atoms with Gasteiger partial charge in [0, 0.05) is 39.1 Å². The minimum absolute atomic E-state index is 0.0742. The first-order valence-corrected chi connectivity index (χ1v) is 29.9. The largest absolute Gasteiger partial charge is 0.480 e. The van der Waals surface area contributed by atoms with Crippen LogP contribution in [0, 0.1) is 46.3 Å². The van der Waals surface area contributed by atoms with Crippen molar-refractivity contribution in [3.8, 4) is 0 Å². The van der Waals surface area contributed by atoms with Gasteiger partial charge in [-0.3, -0.25) is 38.7 Å². The van der Waals surface area contributed by atoms with Gasteiger partial charge in [-0.2, -0.15) is 0 Å². The van der Waals surface area contributed by atoms with E-state index in [1.54, 1.807) is 97.8 Å². The van der Waals surface area contributed by atoms with Crippen molar-refractivity contribution in [1.29, 1.82) is 0 Å². The van der Waals surface area contributed by atoms with Gasteiger partial charge in [0.1, 0.15) is 34.6 Å². The molecule has 0 bridgehead atoms. The summed E-state index contributed by atoms with van der Waals surface area (Å²) in [5.41, 5.74) is -1.11. The summed E-state index contributed by atoms with van der Waals surface area (Å²) in [5, 5.41) is 13.8. The average molecular weight is 1100 g/mol. The summed E-state index contributed by atoms with van der Waals surface area (Å²) in [6.45, 7) is 32.9. The SMILES string of the molecule is CC(C)CCC[C@@H](C)[C@H]1CCC2C3CC=C4C[C@@H](OC(=O)NCCCC[C@@H](C(=O)O)N(CCN(CC(=O)OC(C)(C)C)CC(=O)OC(C)(C)C)CCN(CC(=O)OC(C)(C)C)CC(=O)OC(C)(C)C)CC[C@]4(C)C3CC[C@@]21C. The number of nitrogens with zero attached hydrogens (tertiary/aromatic N) is 3. The lowest BCUT2D eigenvalue weighted by Gasteiger charge is -2.58. The molecular weight excluding hydrogens is 993 g/mol. The van der Waals surface area contributed by atoms with Crippen LogP contribution in [0.5, 0.6) is 0 Å². The van der Waals surface area contributed by atoms with Crippen LogP contribution in [-0.4, -0.2) is 149 Å². The topological polar surface area (TPSA) is 191 Å². The van der Waals surface area contributed by atoms with Crippen molar-refractivity contribution < 1.29 is 57.6 Å². The Balaban J connectivity index is 1.41. The van der Waals surface area contributed by atoms with Crippen LogP contribution >= 0.6 is 0 Å². The Morgan fingerprint density at radius 3 is 1.59 bits per heavy atom. The van der Waals surface area contributed by atoms with E-state index < -0.39 is 64.4 Å². The Kier molecular flexibility index (Phi) is 24.2. The van der Waals surface area contributed by atoms with Gasteiger partial charge >= 0.3 is 35.9 Å². The van der Waals surface area contributed by atoms with Gasteiger partial charge < -0.3 is 34.1 Å². The third-order valence-electron chi connectivity index (χ3n) is 16.9. The van der Waals surface area contributed by atoms with Gasteiger partial charge in [0.15, 0.2) is 0 Å². The maximum Gasteiger partial charge on any atom is 0.407 e. The van der Waals surface area contributed by atoms with Crippen molar-refractivity contribution in [3.05, 3.63) is 11.6 Å². The molecule has 9 atom stereocenters. The summed E-state index contributed by atoms with van der Waals surface area (Å²) < 4.78 is 28.5. The maximum atomic E-state index is 13.4. The summed E-state index contributed by atoms with van der Waals surface area (Å²) >= 11 is 0. The predicted octanol–water partition coefficient (Wildman–Crippen LogP) is 11.0. The van der Waals surface area contributed by atoms with Crippen LogP contribution in [0.3, 0.4) is 0 Å². The summed E-state index contributed by atoms with van der Waals surface area (Å²) in [7, 11) is 0. The highest BCUT2D eigenvalue weighted by Gasteiger charge is 2.59. The van der Waals surface area contributed by atoms with Gasteiger partial charge in [-0.15, -0.1) is 0 Å². The van der Waals surface area contributed by atoms with Crippen molar-refractivity contribution in [2.24, 2.45) is 46.3 Å². The van der Waals surface area contributed by atoms with Crippen molar-refractivity contribution in [1.82, 2.24) is 20.0 Å². The lowest BCUT2D eigenvalue weighted by Crippen LogP contribution is -2.51. The molecular formula is C62H108N4O12. The summed E-state index contributed by atoms with van der Waals surface area (Å²) in [6.07, 6.45) is 16.1. The van der Waals surface area contributed by atoms with E-state index in [-0.39, 0.29) is 70.3 Å². The van der Waals surface area contributed by atoms with E-state index in [0.29, 0.717) is 30.7 Å². The second kappa shape index (κ2) is 28.3. The fraction of sp³-hybridized carbons (Fsp3) is 0.871. The quantitative estimate of drug-likeness (QED) is 0.0342. The van der Waals surface area contributed by atoms with Crippen LogP contribution in [-0.2, 0) is 47.7 Å². The normalized spacial score (nSPS) is 25.3. The number of rotatable bonds is 27. The molecule has 0 aliphatic heterocycles. The Hall–Kier alpha value is -3.76. The molecule has 2 N–H and O–H groups in total. The number of nitrogens with one attached hydrogen (secondary N) is 1. The van der Waals surface area contributed by atoms with Gasteiger partial charge in [-0.05, 0) is 194 Å². The Morgan fingerprint density at radius 2 is 1.13 bits per heavy atom. The number of carbonyl (C=O) groups excluding carboxylic acids is 5. The number of carboxylic acid groups (broad SMARTS) is 1. The Labute approximate surface area is 470 Å². The molecule has 16 nitrogen and oxygen atoms in total. The molecule has 3 saturated carbocycles. The third kappa shape index (κ3) is 21.6. The minimum Gasteiger partial charge on any atom is -0.480 e. The van der Waals surface area contributed by atoms with Crippen LogP contribution in [0.1, 0.15) is 208 Å². The first-order chi connectivity index (χ1) is 36.0. The Bertz CT molecular complexity index is 1900. The average Bonchev–Trinajstić information content (AvgIpc) is 3.62. The molecule has 16 heteroatoms. The fourth-order valence-corrected chi connectivity index (χ4v) is 13.7. The lowest BCUT2D eigenvalue weighted by atomic mass is 9.47. The van der Waals surface area contributed by atoms with E-state index in [4.69, 9.17) is 23.7 Å². The number of aliphatic carboxylic acids is 1.